The van der Waals surface area contributed by atoms with Crippen molar-refractivity contribution in [2.45, 2.75) is 12.8 Å². The monoisotopic (exact) mass is 367 g/mol. The number of aromatic amines is 1. The van der Waals surface area contributed by atoms with E-state index in [9.17, 15) is 9.18 Å². The smallest absolute Gasteiger partial charge is 0.253 e. The summed E-state index contributed by atoms with van der Waals surface area (Å²) in [4.78, 5) is 14.1. The number of carbonyl (C=O) groups excluding carboxylic acids is 1. The number of nitrogens with one attached hydrogen (secondary N) is 1. The number of nitrogens with zero attached hydrogens (tertiary/aromatic N) is 2. The summed E-state index contributed by atoms with van der Waals surface area (Å²) in [5.74, 6) is 0.418. The Morgan fingerprint density at radius 1 is 1.19 bits per heavy atom. The molecule has 3 aromatic rings. The third-order valence-electron chi connectivity index (χ3n) is 4.37. The molecule has 0 spiro atoms. The van der Waals surface area contributed by atoms with Crippen LogP contribution in [-0.4, -0.2) is 41.7 Å². The normalized spacial score (nSPS) is 10.6. The molecule has 1 aromatic heterocycles. The summed E-state index contributed by atoms with van der Waals surface area (Å²) >= 11 is 0. The number of amides is 1. The van der Waals surface area contributed by atoms with E-state index < -0.39 is 0 Å². The van der Waals surface area contributed by atoms with E-state index in [1.54, 1.807) is 49.4 Å². The van der Waals surface area contributed by atoms with Gasteiger partial charge >= 0.3 is 0 Å². The molecule has 3 rings (SSSR count). The van der Waals surface area contributed by atoms with Crippen molar-refractivity contribution in [3.8, 4) is 17.0 Å². The van der Waals surface area contributed by atoms with Crippen molar-refractivity contribution >= 4 is 5.91 Å². The van der Waals surface area contributed by atoms with Gasteiger partial charge < -0.3 is 9.64 Å². The molecule has 0 aliphatic heterocycles. The molecule has 0 saturated carbocycles. The molecule has 1 amide bonds. The van der Waals surface area contributed by atoms with Crippen LogP contribution in [0.1, 0.15) is 22.5 Å². The third kappa shape index (κ3) is 4.73. The molecule has 27 heavy (non-hydrogen) atoms. The summed E-state index contributed by atoms with van der Waals surface area (Å²) in [6.45, 7) is 0.624. The average molecular weight is 367 g/mol. The zero-order chi connectivity index (χ0) is 19.2. The summed E-state index contributed by atoms with van der Waals surface area (Å²) in [7, 11) is 3.38. The molecule has 0 atom stereocenters. The number of rotatable bonds is 7. The highest BCUT2D eigenvalue weighted by Gasteiger charge is 2.12. The Bertz CT molecular complexity index is 906. The maximum absolute atomic E-state index is 13.3. The van der Waals surface area contributed by atoms with Crippen LogP contribution < -0.4 is 4.74 Å². The van der Waals surface area contributed by atoms with Crippen LogP contribution in [-0.2, 0) is 6.42 Å². The molecule has 6 heteroatoms. The quantitative estimate of drug-likeness (QED) is 0.688. The second-order valence-corrected chi connectivity index (χ2v) is 6.35. The minimum Gasteiger partial charge on any atom is -0.497 e. The molecule has 5 nitrogen and oxygen atoms in total. The fourth-order valence-corrected chi connectivity index (χ4v) is 2.85. The van der Waals surface area contributed by atoms with Crippen LogP contribution in [0.5, 0.6) is 5.75 Å². The Balaban J connectivity index is 1.52. The van der Waals surface area contributed by atoms with E-state index in [1.807, 2.05) is 12.1 Å². The van der Waals surface area contributed by atoms with Crippen LogP contribution in [0.2, 0.25) is 0 Å². The van der Waals surface area contributed by atoms with Gasteiger partial charge in [0.15, 0.2) is 0 Å². The first-order valence-electron chi connectivity index (χ1n) is 8.76. The van der Waals surface area contributed by atoms with Gasteiger partial charge in [-0.25, -0.2) is 4.39 Å². The van der Waals surface area contributed by atoms with E-state index in [0.29, 0.717) is 17.8 Å². The van der Waals surface area contributed by atoms with Crippen molar-refractivity contribution in [2.24, 2.45) is 0 Å². The van der Waals surface area contributed by atoms with Crippen molar-refractivity contribution in [3.05, 3.63) is 71.7 Å². The lowest BCUT2D eigenvalue weighted by molar-refractivity contribution is 0.0793. The minimum atomic E-state index is -0.282. The number of hydrogen-bond donors (Lipinski definition) is 1. The Hall–Kier alpha value is -3.15. The van der Waals surface area contributed by atoms with Crippen LogP contribution in [0.15, 0.2) is 54.6 Å². The molecule has 0 fully saturated rings. The maximum Gasteiger partial charge on any atom is 0.253 e. The number of carbonyl (C=O) groups is 1. The number of aromatic nitrogens is 2. The highest BCUT2D eigenvalue weighted by molar-refractivity contribution is 5.94. The fourth-order valence-electron chi connectivity index (χ4n) is 2.85. The van der Waals surface area contributed by atoms with E-state index in [1.165, 1.54) is 12.1 Å². The average Bonchev–Trinajstić information content (AvgIpc) is 3.16. The van der Waals surface area contributed by atoms with Gasteiger partial charge in [0.05, 0.1) is 12.8 Å². The molecule has 0 bridgehead atoms. The second kappa shape index (κ2) is 8.49. The highest BCUT2D eigenvalue weighted by atomic mass is 19.1. The van der Waals surface area contributed by atoms with Crippen LogP contribution in [0, 0.1) is 5.82 Å². The van der Waals surface area contributed by atoms with Crippen molar-refractivity contribution < 1.29 is 13.9 Å². The van der Waals surface area contributed by atoms with Crippen molar-refractivity contribution in [3.63, 3.8) is 0 Å². The minimum absolute atomic E-state index is 0.0253. The molecule has 140 valence electrons. The van der Waals surface area contributed by atoms with E-state index >= 15 is 0 Å². The van der Waals surface area contributed by atoms with Crippen LogP contribution in [0.25, 0.3) is 11.3 Å². The number of aryl methyl sites for hydroxylation is 1. The maximum atomic E-state index is 13.3. The molecule has 0 unspecified atom stereocenters. The first-order valence-corrected chi connectivity index (χ1v) is 8.76. The topological polar surface area (TPSA) is 58.2 Å². The Morgan fingerprint density at radius 3 is 2.67 bits per heavy atom. The fraction of sp³-hybridized carbons (Fsp3) is 0.238. The largest absolute Gasteiger partial charge is 0.497 e. The Labute approximate surface area is 157 Å². The van der Waals surface area contributed by atoms with Gasteiger partial charge in [0, 0.05) is 30.4 Å². The van der Waals surface area contributed by atoms with Gasteiger partial charge in [-0.05, 0) is 55.3 Å². The van der Waals surface area contributed by atoms with E-state index in [-0.39, 0.29) is 11.7 Å². The Kier molecular flexibility index (Phi) is 5.86. The summed E-state index contributed by atoms with van der Waals surface area (Å²) in [5.41, 5.74) is 3.05. The van der Waals surface area contributed by atoms with Gasteiger partial charge in [-0.3, -0.25) is 9.89 Å². The summed E-state index contributed by atoms with van der Waals surface area (Å²) in [5, 5.41) is 7.22. The standard InChI is InChI=1S/C21H22FN3O2/c1-25(21(26)15-8-10-19(27-2)11-9-15)12-4-7-18-14-20(24-23-18)16-5-3-6-17(22)13-16/h3,5-6,8-11,13-14H,4,7,12H2,1-2H3,(H,23,24). The van der Waals surface area contributed by atoms with Crippen molar-refractivity contribution in [2.75, 3.05) is 20.7 Å². The molecule has 0 saturated heterocycles. The van der Waals surface area contributed by atoms with Gasteiger partial charge in [-0.2, -0.15) is 5.10 Å². The molecular formula is C21H22FN3O2. The van der Waals surface area contributed by atoms with Crippen molar-refractivity contribution in [1.82, 2.24) is 15.1 Å². The SMILES string of the molecule is COc1ccc(C(=O)N(C)CCCc2cc(-c3cccc(F)c3)n[nH]2)cc1. The summed E-state index contributed by atoms with van der Waals surface area (Å²) in [6, 6.07) is 15.4. The molecule has 0 radical (unpaired) electrons. The van der Waals surface area contributed by atoms with E-state index in [4.69, 9.17) is 4.74 Å². The molecule has 0 aliphatic rings. The van der Waals surface area contributed by atoms with Crippen LogP contribution >= 0.6 is 0 Å². The zero-order valence-electron chi connectivity index (χ0n) is 15.4. The van der Waals surface area contributed by atoms with Crippen LogP contribution in [0.3, 0.4) is 0 Å². The highest BCUT2D eigenvalue weighted by Crippen LogP contribution is 2.19. The second-order valence-electron chi connectivity index (χ2n) is 6.35. The lowest BCUT2D eigenvalue weighted by Gasteiger charge is -2.17. The van der Waals surface area contributed by atoms with Crippen molar-refractivity contribution in [1.29, 1.82) is 0 Å². The zero-order valence-corrected chi connectivity index (χ0v) is 15.4. The first-order chi connectivity index (χ1) is 13.1. The predicted octanol–water partition coefficient (Wildman–Crippen LogP) is 3.93. The van der Waals surface area contributed by atoms with Gasteiger partial charge in [0.2, 0.25) is 0 Å². The number of hydrogen-bond acceptors (Lipinski definition) is 3. The molecule has 0 aliphatic carbocycles. The van der Waals surface area contributed by atoms with E-state index in [2.05, 4.69) is 10.2 Å². The molecule has 1 N–H and O–H groups in total. The number of ether oxygens (including phenoxy) is 1. The summed E-state index contributed by atoms with van der Waals surface area (Å²) in [6.07, 6.45) is 1.55. The number of methoxy groups -OCH3 is 1. The molecular weight excluding hydrogens is 345 g/mol. The van der Waals surface area contributed by atoms with Gasteiger partial charge in [0.25, 0.3) is 5.91 Å². The Morgan fingerprint density at radius 2 is 1.96 bits per heavy atom. The van der Waals surface area contributed by atoms with Gasteiger partial charge in [-0.15, -0.1) is 0 Å². The lowest BCUT2D eigenvalue weighted by Crippen LogP contribution is -2.28. The third-order valence-corrected chi connectivity index (χ3v) is 4.37. The molecule has 2 aromatic carbocycles. The predicted molar refractivity (Wildman–Crippen MR) is 102 cm³/mol. The first kappa shape index (κ1) is 18.6. The summed E-state index contributed by atoms with van der Waals surface area (Å²) < 4.78 is 18.4. The lowest BCUT2D eigenvalue weighted by atomic mass is 10.1. The van der Waals surface area contributed by atoms with Gasteiger partial charge in [0.1, 0.15) is 11.6 Å². The number of halogens is 1. The van der Waals surface area contributed by atoms with E-state index in [0.717, 1.165) is 29.8 Å². The van der Waals surface area contributed by atoms with Crippen LogP contribution in [0.4, 0.5) is 4.39 Å². The number of H-pyrrole nitrogens is 1. The van der Waals surface area contributed by atoms with Gasteiger partial charge in [-0.1, -0.05) is 12.1 Å². The molecule has 1 heterocycles. The number of benzene rings is 2.